The van der Waals surface area contributed by atoms with Crippen LogP contribution in [-0.2, 0) is 4.74 Å². The van der Waals surface area contributed by atoms with Crippen LogP contribution in [0.25, 0.3) is 0 Å². The molecule has 2 rings (SSSR count). The smallest absolute Gasteiger partial charge is 0.144 e. The molecule has 1 fully saturated rings. The molecule has 16 heavy (non-hydrogen) atoms. The van der Waals surface area contributed by atoms with Crippen LogP contribution in [0, 0.1) is 18.3 Å². The molecule has 0 amide bonds. The van der Waals surface area contributed by atoms with Gasteiger partial charge in [-0.25, -0.2) is 4.98 Å². The summed E-state index contributed by atoms with van der Waals surface area (Å²) in [5.41, 5.74) is 1.50. The van der Waals surface area contributed by atoms with Crippen molar-refractivity contribution >= 4 is 5.82 Å². The molecule has 2 heterocycles. The van der Waals surface area contributed by atoms with E-state index in [4.69, 9.17) is 10.00 Å². The van der Waals surface area contributed by atoms with E-state index < -0.39 is 0 Å². The van der Waals surface area contributed by atoms with E-state index in [2.05, 4.69) is 16.4 Å². The number of nitrogens with zero attached hydrogens (tertiary/aromatic N) is 2. The van der Waals surface area contributed by atoms with Crippen LogP contribution >= 0.6 is 0 Å². The number of aryl methyl sites for hydroxylation is 1. The highest BCUT2D eigenvalue weighted by atomic mass is 16.5. The molecule has 4 heteroatoms. The molecule has 0 aromatic carbocycles. The Hall–Kier alpha value is -1.60. The number of pyridine rings is 1. The number of rotatable bonds is 3. The highest BCUT2D eigenvalue weighted by Crippen LogP contribution is 2.15. The average molecular weight is 217 g/mol. The van der Waals surface area contributed by atoms with Crippen molar-refractivity contribution in [2.45, 2.75) is 25.9 Å². The molecule has 84 valence electrons. The van der Waals surface area contributed by atoms with Gasteiger partial charge in [0.2, 0.25) is 0 Å². The maximum atomic E-state index is 8.94. The minimum Gasteiger partial charge on any atom is -0.376 e. The van der Waals surface area contributed by atoms with E-state index in [9.17, 15) is 0 Å². The highest BCUT2D eigenvalue weighted by Gasteiger charge is 2.15. The van der Waals surface area contributed by atoms with E-state index >= 15 is 0 Å². The number of nitrogens with one attached hydrogen (secondary N) is 1. The summed E-state index contributed by atoms with van der Waals surface area (Å²) in [5.74, 6) is 0.665. The summed E-state index contributed by atoms with van der Waals surface area (Å²) in [6, 6.07) is 5.77. The molecule has 1 aliphatic rings. The van der Waals surface area contributed by atoms with Crippen LogP contribution in [0.4, 0.5) is 5.82 Å². The minimum absolute atomic E-state index is 0.258. The van der Waals surface area contributed by atoms with E-state index in [1.54, 1.807) is 6.07 Å². The Morgan fingerprint density at radius 1 is 1.62 bits per heavy atom. The van der Waals surface area contributed by atoms with Crippen molar-refractivity contribution in [3.63, 3.8) is 0 Å². The van der Waals surface area contributed by atoms with Crippen molar-refractivity contribution in [2.24, 2.45) is 0 Å². The lowest BCUT2D eigenvalue weighted by molar-refractivity contribution is 0.120. The summed E-state index contributed by atoms with van der Waals surface area (Å²) in [7, 11) is 0. The molecule has 0 bridgehead atoms. The first kappa shape index (κ1) is 10.9. The lowest BCUT2D eigenvalue weighted by Gasteiger charge is -2.12. The van der Waals surface area contributed by atoms with E-state index in [-0.39, 0.29) is 6.10 Å². The molecule has 1 aliphatic heterocycles. The Morgan fingerprint density at radius 3 is 3.19 bits per heavy atom. The molecule has 1 aromatic heterocycles. The van der Waals surface area contributed by atoms with Crippen LogP contribution in [0.1, 0.15) is 24.1 Å². The van der Waals surface area contributed by atoms with E-state index in [1.807, 2.05) is 13.0 Å². The van der Waals surface area contributed by atoms with Gasteiger partial charge in [0.25, 0.3) is 0 Å². The second kappa shape index (κ2) is 4.95. The second-order valence-corrected chi connectivity index (χ2v) is 3.98. The molecule has 1 saturated heterocycles. The predicted octanol–water partition coefficient (Wildman–Crippen LogP) is 1.85. The molecule has 1 N–H and O–H groups in total. The Bertz CT molecular complexity index is 405. The average Bonchev–Trinajstić information content (AvgIpc) is 2.79. The summed E-state index contributed by atoms with van der Waals surface area (Å²) < 4.78 is 5.51. The standard InChI is InChI=1S/C12H15N3O/c1-9-4-5-10(7-13)12(15-9)14-8-11-3-2-6-16-11/h4-5,11H,2-3,6,8H2,1H3,(H,14,15). The van der Waals surface area contributed by atoms with Gasteiger partial charge in [-0.3, -0.25) is 0 Å². The van der Waals surface area contributed by atoms with Crippen molar-refractivity contribution in [3.8, 4) is 6.07 Å². The Kier molecular flexibility index (Phi) is 3.37. The summed E-state index contributed by atoms with van der Waals surface area (Å²) in [6.07, 6.45) is 2.47. The van der Waals surface area contributed by atoms with Gasteiger partial charge in [-0.05, 0) is 31.9 Å². The monoisotopic (exact) mass is 217 g/mol. The van der Waals surface area contributed by atoms with Crippen LogP contribution in [0.2, 0.25) is 0 Å². The number of hydrogen-bond donors (Lipinski definition) is 1. The van der Waals surface area contributed by atoms with Crippen molar-refractivity contribution in [1.29, 1.82) is 5.26 Å². The topological polar surface area (TPSA) is 57.9 Å². The van der Waals surface area contributed by atoms with Gasteiger partial charge in [-0.15, -0.1) is 0 Å². The van der Waals surface area contributed by atoms with Gasteiger partial charge in [0.15, 0.2) is 0 Å². The predicted molar refractivity (Wildman–Crippen MR) is 61.2 cm³/mol. The van der Waals surface area contributed by atoms with E-state index in [1.165, 1.54) is 0 Å². The van der Waals surface area contributed by atoms with Gasteiger partial charge in [0, 0.05) is 18.8 Å². The fraction of sp³-hybridized carbons (Fsp3) is 0.500. The van der Waals surface area contributed by atoms with Crippen LogP contribution < -0.4 is 5.32 Å². The second-order valence-electron chi connectivity index (χ2n) is 3.98. The SMILES string of the molecule is Cc1ccc(C#N)c(NCC2CCCO2)n1. The maximum absolute atomic E-state index is 8.94. The molecule has 0 spiro atoms. The molecule has 1 unspecified atom stereocenters. The minimum atomic E-state index is 0.258. The van der Waals surface area contributed by atoms with Crippen molar-refractivity contribution < 1.29 is 4.74 Å². The zero-order valence-corrected chi connectivity index (χ0v) is 9.36. The normalized spacial score (nSPS) is 19.4. The fourth-order valence-corrected chi connectivity index (χ4v) is 1.80. The molecular formula is C12H15N3O. The summed E-state index contributed by atoms with van der Waals surface area (Å²) >= 11 is 0. The van der Waals surface area contributed by atoms with Gasteiger partial charge in [-0.2, -0.15) is 5.26 Å². The Morgan fingerprint density at radius 2 is 2.50 bits per heavy atom. The van der Waals surface area contributed by atoms with Crippen molar-refractivity contribution in [2.75, 3.05) is 18.5 Å². The van der Waals surface area contributed by atoms with Gasteiger partial charge >= 0.3 is 0 Å². The lowest BCUT2D eigenvalue weighted by Crippen LogP contribution is -2.19. The first-order valence-electron chi connectivity index (χ1n) is 5.53. The number of ether oxygens (including phenoxy) is 1. The highest BCUT2D eigenvalue weighted by molar-refractivity contribution is 5.52. The number of nitriles is 1. The lowest BCUT2D eigenvalue weighted by atomic mass is 10.2. The summed E-state index contributed by atoms with van der Waals surface area (Å²) in [6.45, 7) is 3.49. The molecular weight excluding hydrogens is 202 g/mol. The van der Waals surface area contributed by atoms with Crippen molar-refractivity contribution in [3.05, 3.63) is 23.4 Å². The quantitative estimate of drug-likeness (QED) is 0.839. The third kappa shape index (κ3) is 2.50. The van der Waals surface area contributed by atoms with Gasteiger partial charge in [0.05, 0.1) is 11.7 Å². The number of hydrogen-bond acceptors (Lipinski definition) is 4. The molecule has 1 aromatic rings. The van der Waals surface area contributed by atoms with E-state index in [0.717, 1.165) is 31.7 Å². The molecule has 4 nitrogen and oxygen atoms in total. The Labute approximate surface area is 95.3 Å². The van der Waals surface area contributed by atoms with Gasteiger partial charge < -0.3 is 10.1 Å². The van der Waals surface area contributed by atoms with Gasteiger partial charge in [-0.1, -0.05) is 0 Å². The van der Waals surface area contributed by atoms with E-state index in [0.29, 0.717) is 11.4 Å². The third-order valence-corrected chi connectivity index (χ3v) is 2.68. The van der Waals surface area contributed by atoms with Crippen LogP contribution in [0.5, 0.6) is 0 Å². The van der Waals surface area contributed by atoms with Crippen LogP contribution in [0.15, 0.2) is 12.1 Å². The van der Waals surface area contributed by atoms with Crippen LogP contribution in [-0.4, -0.2) is 24.2 Å². The molecule has 1 atom stereocenters. The molecule has 0 saturated carbocycles. The summed E-state index contributed by atoms with van der Waals surface area (Å²) in [4.78, 5) is 4.32. The molecule has 0 radical (unpaired) electrons. The zero-order valence-electron chi connectivity index (χ0n) is 9.36. The first-order valence-corrected chi connectivity index (χ1v) is 5.53. The Balaban J connectivity index is 2.02. The third-order valence-electron chi connectivity index (χ3n) is 2.68. The maximum Gasteiger partial charge on any atom is 0.144 e. The number of anilines is 1. The van der Waals surface area contributed by atoms with Gasteiger partial charge in [0.1, 0.15) is 11.9 Å². The number of aromatic nitrogens is 1. The summed E-state index contributed by atoms with van der Waals surface area (Å²) in [5, 5.41) is 12.1. The largest absolute Gasteiger partial charge is 0.376 e. The van der Waals surface area contributed by atoms with Crippen LogP contribution in [0.3, 0.4) is 0 Å². The fourth-order valence-electron chi connectivity index (χ4n) is 1.80. The first-order chi connectivity index (χ1) is 7.79. The zero-order chi connectivity index (χ0) is 11.4. The van der Waals surface area contributed by atoms with Crippen molar-refractivity contribution in [1.82, 2.24) is 4.98 Å². The molecule has 0 aliphatic carbocycles.